The third-order valence-electron chi connectivity index (χ3n) is 5.07. The van der Waals surface area contributed by atoms with Gasteiger partial charge in [-0.2, -0.15) is 5.26 Å². The van der Waals surface area contributed by atoms with Crippen LogP contribution in [0.4, 0.5) is 4.79 Å². The summed E-state index contributed by atoms with van der Waals surface area (Å²) >= 11 is 0. The van der Waals surface area contributed by atoms with Crippen molar-refractivity contribution in [1.29, 1.82) is 5.26 Å². The largest absolute Gasteiger partial charge is 0.439 e. The molecule has 0 aliphatic carbocycles. The molecule has 1 unspecified atom stereocenters. The van der Waals surface area contributed by atoms with E-state index in [-0.39, 0.29) is 12.0 Å². The van der Waals surface area contributed by atoms with E-state index < -0.39 is 5.60 Å². The second-order valence-corrected chi connectivity index (χ2v) is 7.01. The fraction of sp³-hybridized carbons (Fsp3) is 0.300. The minimum absolute atomic E-state index is 0.0825. The third kappa shape index (κ3) is 3.10. The number of carbonyl (C=O) groups is 2. The molecule has 1 spiro atoms. The minimum atomic E-state index is -0.587. The fourth-order valence-electron chi connectivity index (χ4n) is 3.67. The number of pyridine rings is 1. The van der Waals surface area contributed by atoms with Crippen molar-refractivity contribution in [3.05, 3.63) is 53.9 Å². The summed E-state index contributed by atoms with van der Waals surface area (Å²) in [6, 6.07) is 12.8. The summed E-state index contributed by atoms with van der Waals surface area (Å²) < 4.78 is 5.51. The van der Waals surface area contributed by atoms with Gasteiger partial charge in [0.2, 0.25) is 0 Å². The second kappa shape index (κ2) is 6.40. The van der Waals surface area contributed by atoms with Crippen molar-refractivity contribution < 1.29 is 14.3 Å². The molecule has 0 radical (unpaired) electrons. The zero-order chi connectivity index (χ0) is 19.0. The van der Waals surface area contributed by atoms with E-state index >= 15 is 0 Å². The monoisotopic (exact) mass is 362 g/mol. The van der Waals surface area contributed by atoms with Gasteiger partial charge < -0.3 is 14.5 Å². The number of hydrogen-bond donors (Lipinski definition) is 0. The summed E-state index contributed by atoms with van der Waals surface area (Å²) in [5, 5.41) is 8.86. The molecule has 27 heavy (non-hydrogen) atoms. The number of ether oxygens (including phenoxy) is 1. The van der Waals surface area contributed by atoms with E-state index in [2.05, 4.69) is 4.98 Å². The first-order valence-electron chi connectivity index (χ1n) is 8.70. The van der Waals surface area contributed by atoms with Crippen LogP contribution in [0.5, 0.6) is 0 Å². The van der Waals surface area contributed by atoms with Crippen LogP contribution in [0, 0.1) is 11.3 Å². The fourth-order valence-corrected chi connectivity index (χ4v) is 3.67. The van der Waals surface area contributed by atoms with Gasteiger partial charge in [0, 0.05) is 37.3 Å². The van der Waals surface area contributed by atoms with Crippen molar-refractivity contribution in [2.45, 2.75) is 12.0 Å². The van der Waals surface area contributed by atoms with Crippen LogP contribution in [-0.4, -0.2) is 59.1 Å². The molecule has 2 aliphatic rings. The zero-order valence-corrected chi connectivity index (χ0v) is 14.9. The number of benzene rings is 1. The van der Waals surface area contributed by atoms with Crippen LogP contribution < -0.4 is 0 Å². The van der Waals surface area contributed by atoms with Crippen LogP contribution in [0.1, 0.15) is 22.5 Å². The second-order valence-electron chi connectivity index (χ2n) is 7.01. The highest BCUT2D eigenvalue weighted by Crippen LogP contribution is 2.32. The molecular formula is C20H18N4O3. The zero-order valence-electron chi connectivity index (χ0n) is 14.9. The minimum Gasteiger partial charge on any atom is -0.439 e. The van der Waals surface area contributed by atoms with Gasteiger partial charge in [0.25, 0.3) is 5.91 Å². The third-order valence-corrected chi connectivity index (χ3v) is 5.07. The molecule has 1 aromatic carbocycles. The number of carbonyl (C=O) groups excluding carboxylic acids is 2. The van der Waals surface area contributed by atoms with E-state index in [1.54, 1.807) is 35.2 Å². The van der Waals surface area contributed by atoms with Crippen molar-refractivity contribution in [2.75, 3.05) is 26.7 Å². The van der Waals surface area contributed by atoms with Gasteiger partial charge in [0.1, 0.15) is 11.8 Å². The van der Waals surface area contributed by atoms with Crippen LogP contribution in [0.15, 0.2) is 42.6 Å². The van der Waals surface area contributed by atoms with Gasteiger partial charge in [-0.1, -0.05) is 12.1 Å². The molecule has 4 rings (SSSR count). The number of likely N-dealkylation sites (tertiary alicyclic amines) is 1. The molecule has 7 heteroatoms. The quantitative estimate of drug-likeness (QED) is 0.818. The lowest BCUT2D eigenvalue weighted by molar-refractivity contribution is 0.0553. The summed E-state index contributed by atoms with van der Waals surface area (Å²) in [7, 11) is 1.71. The molecule has 3 heterocycles. The van der Waals surface area contributed by atoms with E-state index in [0.717, 1.165) is 11.1 Å². The highest BCUT2D eigenvalue weighted by molar-refractivity contribution is 5.95. The molecule has 2 aromatic rings. The molecule has 0 saturated carbocycles. The van der Waals surface area contributed by atoms with Crippen molar-refractivity contribution in [3.63, 3.8) is 0 Å². The first kappa shape index (κ1) is 17.0. The van der Waals surface area contributed by atoms with E-state index in [4.69, 9.17) is 10.00 Å². The highest BCUT2D eigenvalue weighted by Gasteiger charge is 2.49. The van der Waals surface area contributed by atoms with Gasteiger partial charge >= 0.3 is 6.09 Å². The Balaban J connectivity index is 1.53. The Bertz CT molecular complexity index is 950. The molecule has 2 amide bonds. The van der Waals surface area contributed by atoms with Gasteiger partial charge in [0.05, 0.1) is 13.1 Å². The number of nitriles is 1. The topological polar surface area (TPSA) is 86.5 Å². The number of nitrogens with zero attached hydrogens (tertiary/aromatic N) is 4. The van der Waals surface area contributed by atoms with E-state index in [9.17, 15) is 9.59 Å². The van der Waals surface area contributed by atoms with Crippen molar-refractivity contribution >= 4 is 12.0 Å². The Morgan fingerprint density at radius 3 is 2.78 bits per heavy atom. The first-order valence-corrected chi connectivity index (χ1v) is 8.70. The van der Waals surface area contributed by atoms with E-state index in [1.165, 1.54) is 0 Å². The maximum absolute atomic E-state index is 12.9. The summed E-state index contributed by atoms with van der Waals surface area (Å²) in [6.45, 7) is 1.47. The molecule has 2 saturated heterocycles. The number of rotatable bonds is 2. The molecule has 2 fully saturated rings. The predicted molar refractivity (Wildman–Crippen MR) is 96.8 cm³/mol. The van der Waals surface area contributed by atoms with Gasteiger partial charge in [-0.25, -0.2) is 9.78 Å². The average Bonchev–Trinajstić information content (AvgIpc) is 3.23. The molecule has 2 aliphatic heterocycles. The summed E-state index contributed by atoms with van der Waals surface area (Å²) in [6.07, 6.45) is 1.94. The smallest absolute Gasteiger partial charge is 0.410 e. The Kier molecular flexibility index (Phi) is 4.04. The molecule has 0 bridgehead atoms. The Hall–Kier alpha value is -3.40. The molecule has 0 N–H and O–H groups in total. The molecule has 1 atom stereocenters. The first-order chi connectivity index (χ1) is 13.0. The van der Waals surface area contributed by atoms with E-state index in [1.807, 2.05) is 30.3 Å². The van der Waals surface area contributed by atoms with Crippen LogP contribution >= 0.6 is 0 Å². The lowest BCUT2D eigenvalue weighted by Crippen LogP contribution is -2.39. The van der Waals surface area contributed by atoms with Gasteiger partial charge in [0.15, 0.2) is 5.60 Å². The summed E-state index contributed by atoms with van der Waals surface area (Å²) in [5.74, 6) is -0.0825. The highest BCUT2D eigenvalue weighted by atomic mass is 16.6. The van der Waals surface area contributed by atoms with Gasteiger partial charge in [-0.15, -0.1) is 0 Å². The van der Waals surface area contributed by atoms with Crippen molar-refractivity contribution in [3.8, 4) is 17.2 Å². The standard InChI is InChI=1S/C20H18N4O3/c1-23-12-20(27-19(23)26)7-8-24(13-20)18(25)15-4-2-3-14(9-15)16-5-6-17(10-21)22-11-16/h2-6,9,11H,7-8,12-13H2,1H3. The molecule has 136 valence electrons. The Labute approximate surface area is 156 Å². The lowest BCUT2D eigenvalue weighted by Gasteiger charge is -2.22. The maximum Gasteiger partial charge on any atom is 0.410 e. The summed E-state index contributed by atoms with van der Waals surface area (Å²) in [4.78, 5) is 32.0. The summed E-state index contributed by atoms with van der Waals surface area (Å²) in [5.41, 5.74) is 2.04. The van der Waals surface area contributed by atoms with Crippen LogP contribution in [0.2, 0.25) is 0 Å². The number of likely N-dealkylation sites (N-methyl/N-ethyl adjacent to an activating group) is 1. The van der Waals surface area contributed by atoms with Gasteiger partial charge in [-0.3, -0.25) is 4.79 Å². The molecule has 1 aromatic heterocycles. The maximum atomic E-state index is 12.9. The Morgan fingerprint density at radius 2 is 2.11 bits per heavy atom. The van der Waals surface area contributed by atoms with Crippen molar-refractivity contribution in [2.24, 2.45) is 0 Å². The normalized spacial score (nSPS) is 21.4. The average molecular weight is 362 g/mol. The van der Waals surface area contributed by atoms with Gasteiger partial charge in [-0.05, 0) is 29.8 Å². The van der Waals surface area contributed by atoms with Crippen LogP contribution in [0.25, 0.3) is 11.1 Å². The molecular weight excluding hydrogens is 344 g/mol. The number of amides is 2. The predicted octanol–water partition coefficient (Wildman–Crippen LogP) is 2.29. The van der Waals surface area contributed by atoms with E-state index in [0.29, 0.717) is 37.3 Å². The van der Waals surface area contributed by atoms with Crippen LogP contribution in [0.3, 0.4) is 0 Å². The Morgan fingerprint density at radius 1 is 1.26 bits per heavy atom. The van der Waals surface area contributed by atoms with Crippen molar-refractivity contribution in [1.82, 2.24) is 14.8 Å². The lowest BCUT2D eigenvalue weighted by atomic mass is 10.0. The molecule has 7 nitrogen and oxygen atoms in total. The number of hydrogen-bond acceptors (Lipinski definition) is 5. The SMILES string of the molecule is CN1CC2(CCN(C(=O)c3cccc(-c4ccc(C#N)nc4)c3)C2)OC1=O. The van der Waals surface area contributed by atoms with Crippen LogP contribution in [-0.2, 0) is 4.74 Å². The number of aromatic nitrogens is 1.